The summed E-state index contributed by atoms with van der Waals surface area (Å²) in [5, 5.41) is 0. The summed E-state index contributed by atoms with van der Waals surface area (Å²) in [5.74, 6) is -1.58. The second kappa shape index (κ2) is 5.18. The molecule has 18 heavy (non-hydrogen) atoms. The number of nitrogens with two attached hydrogens (primary N) is 1. The highest BCUT2D eigenvalue weighted by Gasteiger charge is 2.23. The zero-order chi connectivity index (χ0) is 13.9. The van der Waals surface area contributed by atoms with Crippen LogP contribution in [0.3, 0.4) is 0 Å². The third-order valence-corrected chi connectivity index (χ3v) is 3.46. The van der Waals surface area contributed by atoms with Crippen molar-refractivity contribution in [1.82, 2.24) is 0 Å². The van der Waals surface area contributed by atoms with Crippen LogP contribution in [0.2, 0.25) is 0 Å². The van der Waals surface area contributed by atoms with E-state index in [-0.39, 0.29) is 10.6 Å². The normalized spacial score (nSPS) is 11.0. The summed E-state index contributed by atoms with van der Waals surface area (Å²) in [6.45, 7) is 2.71. The summed E-state index contributed by atoms with van der Waals surface area (Å²) in [7, 11) is -4.24. The molecule has 7 heteroatoms. The molecule has 0 aliphatic heterocycles. The quantitative estimate of drug-likeness (QED) is 0.493. The standard InChI is InChI=1S/C11H13NO5S/c1-7-3-4-9(12)6-10(7)18(15,16)17-11(14)5-8(2)13/h3-4,6H,5,12H2,1-2H3. The van der Waals surface area contributed by atoms with Crippen LogP contribution in [0.15, 0.2) is 23.1 Å². The molecule has 1 rings (SSSR count). The van der Waals surface area contributed by atoms with Crippen LogP contribution in [0.25, 0.3) is 0 Å². The van der Waals surface area contributed by atoms with Crippen molar-refractivity contribution < 1.29 is 22.2 Å². The zero-order valence-corrected chi connectivity index (χ0v) is 10.8. The second-order valence-electron chi connectivity index (χ2n) is 3.81. The molecule has 0 amide bonds. The van der Waals surface area contributed by atoms with Gasteiger partial charge in [-0.2, -0.15) is 8.42 Å². The van der Waals surface area contributed by atoms with Gasteiger partial charge in [-0.05, 0) is 31.5 Å². The summed E-state index contributed by atoms with van der Waals surface area (Å²) >= 11 is 0. The Bertz CT molecular complexity index is 591. The van der Waals surface area contributed by atoms with Crippen molar-refractivity contribution in [2.24, 2.45) is 0 Å². The smallest absolute Gasteiger partial charge is 0.342 e. The molecule has 0 spiro atoms. The SMILES string of the molecule is CC(=O)CC(=O)OS(=O)(=O)c1cc(N)ccc1C. The fraction of sp³-hybridized carbons (Fsp3) is 0.273. The van der Waals surface area contributed by atoms with E-state index in [9.17, 15) is 18.0 Å². The van der Waals surface area contributed by atoms with Crippen molar-refractivity contribution in [3.8, 4) is 0 Å². The second-order valence-corrected chi connectivity index (χ2v) is 5.33. The molecule has 1 aromatic rings. The Balaban J connectivity index is 3.03. The lowest BCUT2D eigenvalue weighted by molar-refractivity contribution is -0.136. The molecule has 0 aliphatic carbocycles. The van der Waals surface area contributed by atoms with E-state index in [0.717, 1.165) is 0 Å². The van der Waals surface area contributed by atoms with Gasteiger partial charge in [0.05, 0.1) is 0 Å². The molecule has 0 fully saturated rings. The Kier molecular flexibility index (Phi) is 4.07. The van der Waals surface area contributed by atoms with Crippen LogP contribution < -0.4 is 5.73 Å². The van der Waals surface area contributed by atoms with E-state index in [1.54, 1.807) is 6.92 Å². The number of benzene rings is 1. The monoisotopic (exact) mass is 271 g/mol. The fourth-order valence-electron chi connectivity index (χ4n) is 1.29. The third kappa shape index (κ3) is 3.56. The number of nitrogen functional groups attached to an aromatic ring is 1. The minimum Gasteiger partial charge on any atom is -0.399 e. The predicted molar refractivity (Wildman–Crippen MR) is 64.2 cm³/mol. The summed E-state index contributed by atoms with van der Waals surface area (Å²) in [6.07, 6.45) is -0.583. The molecule has 0 bridgehead atoms. The van der Waals surface area contributed by atoms with Gasteiger partial charge in [-0.1, -0.05) is 6.07 Å². The summed E-state index contributed by atoms with van der Waals surface area (Å²) in [4.78, 5) is 21.7. The van der Waals surface area contributed by atoms with Gasteiger partial charge < -0.3 is 9.92 Å². The minimum atomic E-state index is -4.24. The highest BCUT2D eigenvalue weighted by molar-refractivity contribution is 7.87. The molecule has 98 valence electrons. The minimum absolute atomic E-state index is 0.181. The van der Waals surface area contributed by atoms with Gasteiger partial charge in [0.25, 0.3) is 0 Å². The lowest BCUT2D eigenvalue weighted by Crippen LogP contribution is -2.16. The summed E-state index contributed by atoms with van der Waals surface area (Å²) in [5.41, 5.74) is 6.12. The van der Waals surface area contributed by atoms with E-state index < -0.39 is 28.3 Å². The molecular formula is C11H13NO5S. The van der Waals surface area contributed by atoms with Crippen LogP contribution >= 0.6 is 0 Å². The number of carbonyl (C=O) groups is 2. The predicted octanol–water partition coefficient (Wildman–Crippen LogP) is 0.788. The lowest BCUT2D eigenvalue weighted by Gasteiger charge is -2.08. The van der Waals surface area contributed by atoms with Crippen molar-refractivity contribution >= 4 is 27.6 Å². The first kappa shape index (κ1) is 14.2. The van der Waals surface area contributed by atoms with Crippen molar-refractivity contribution in [2.75, 3.05) is 5.73 Å². The molecule has 1 aromatic carbocycles. The molecule has 6 nitrogen and oxygen atoms in total. The summed E-state index contributed by atoms with van der Waals surface area (Å²) in [6, 6.07) is 4.23. The van der Waals surface area contributed by atoms with Crippen molar-refractivity contribution in [1.29, 1.82) is 0 Å². The Labute approximate surface area is 105 Å². The highest BCUT2D eigenvalue weighted by Crippen LogP contribution is 2.20. The van der Waals surface area contributed by atoms with E-state index in [0.29, 0.717) is 5.56 Å². The largest absolute Gasteiger partial charge is 0.399 e. The van der Waals surface area contributed by atoms with Crippen molar-refractivity contribution in [3.05, 3.63) is 23.8 Å². The van der Waals surface area contributed by atoms with Gasteiger partial charge >= 0.3 is 16.1 Å². The van der Waals surface area contributed by atoms with Gasteiger partial charge in [0.1, 0.15) is 17.1 Å². The maximum Gasteiger partial charge on any atom is 0.342 e. The molecule has 0 aliphatic rings. The first-order chi connectivity index (χ1) is 8.22. The number of hydrogen-bond acceptors (Lipinski definition) is 6. The lowest BCUT2D eigenvalue weighted by atomic mass is 10.2. The average Bonchev–Trinajstić information content (AvgIpc) is 2.19. The number of Topliss-reactive ketones (excluding diaryl/α,β-unsaturated/α-hetero) is 1. The van der Waals surface area contributed by atoms with Crippen LogP contribution in [-0.4, -0.2) is 20.2 Å². The number of rotatable bonds is 4. The van der Waals surface area contributed by atoms with E-state index in [1.807, 2.05) is 0 Å². The van der Waals surface area contributed by atoms with Gasteiger partial charge in [0.2, 0.25) is 0 Å². The molecule has 0 aromatic heterocycles. The average molecular weight is 271 g/mol. The van der Waals surface area contributed by atoms with Gasteiger partial charge in [0, 0.05) is 5.69 Å². The van der Waals surface area contributed by atoms with E-state index in [1.165, 1.54) is 25.1 Å². The van der Waals surface area contributed by atoms with Crippen molar-refractivity contribution in [3.63, 3.8) is 0 Å². The number of aryl methyl sites for hydroxylation is 1. The van der Waals surface area contributed by atoms with Gasteiger partial charge in [-0.25, -0.2) is 0 Å². The van der Waals surface area contributed by atoms with E-state index in [4.69, 9.17) is 5.73 Å². The maximum absolute atomic E-state index is 11.8. The molecular weight excluding hydrogens is 258 g/mol. The molecule has 0 saturated heterocycles. The number of ketones is 1. The van der Waals surface area contributed by atoms with E-state index in [2.05, 4.69) is 4.18 Å². The van der Waals surface area contributed by atoms with Gasteiger partial charge in [-0.15, -0.1) is 0 Å². The number of anilines is 1. The first-order valence-corrected chi connectivity index (χ1v) is 6.46. The first-order valence-electron chi connectivity index (χ1n) is 5.05. The summed E-state index contributed by atoms with van der Waals surface area (Å²) < 4.78 is 27.9. The van der Waals surface area contributed by atoms with E-state index >= 15 is 0 Å². The Morgan fingerprint density at radius 3 is 2.50 bits per heavy atom. The van der Waals surface area contributed by atoms with Gasteiger partial charge in [-0.3, -0.25) is 9.59 Å². The molecule has 0 unspecified atom stereocenters. The van der Waals surface area contributed by atoms with Crippen LogP contribution in [0.4, 0.5) is 5.69 Å². The molecule has 0 radical (unpaired) electrons. The van der Waals surface area contributed by atoms with Crippen molar-refractivity contribution in [2.45, 2.75) is 25.2 Å². The van der Waals surface area contributed by atoms with Gasteiger partial charge in [0.15, 0.2) is 0 Å². The number of hydrogen-bond donors (Lipinski definition) is 1. The Hall–Kier alpha value is -1.89. The third-order valence-electron chi connectivity index (χ3n) is 2.08. The van der Waals surface area contributed by atoms with Crippen LogP contribution in [0.1, 0.15) is 18.9 Å². The molecule has 0 atom stereocenters. The highest BCUT2D eigenvalue weighted by atomic mass is 32.2. The molecule has 2 N–H and O–H groups in total. The molecule has 0 heterocycles. The zero-order valence-electron chi connectivity index (χ0n) is 9.97. The van der Waals surface area contributed by atoms with Crippen LogP contribution in [0, 0.1) is 6.92 Å². The van der Waals surface area contributed by atoms with Crippen LogP contribution in [0.5, 0.6) is 0 Å². The maximum atomic E-state index is 11.8. The Morgan fingerprint density at radius 2 is 1.94 bits per heavy atom. The number of carbonyl (C=O) groups excluding carboxylic acids is 2. The fourth-order valence-corrected chi connectivity index (χ4v) is 2.42. The Morgan fingerprint density at radius 1 is 1.33 bits per heavy atom. The molecule has 0 saturated carbocycles. The topological polar surface area (TPSA) is 104 Å². The van der Waals surface area contributed by atoms with Crippen LogP contribution in [-0.2, 0) is 23.9 Å².